The van der Waals surface area contributed by atoms with E-state index in [-0.39, 0.29) is 0 Å². The second-order valence-corrected chi connectivity index (χ2v) is 17.9. The molecule has 0 saturated carbocycles. The Bertz CT molecular complexity index is 3490. The molecule has 0 saturated heterocycles. The zero-order valence-electron chi connectivity index (χ0n) is 38.7. The molecule has 0 unspecified atom stereocenters. The first-order valence-corrected chi connectivity index (χ1v) is 24.2. The summed E-state index contributed by atoms with van der Waals surface area (Å²) >= 11 is 0. The van der Waals surface area contributed by atoms with Gasteiger partial charge in [0.25, 0.3) is 0 Å². The van der Waals surface area contributed by atoms with Crippen molar-refractivity contribution in [1.29, 1.82) is 0 Å². The molecule has 0 amide bonds. The van der Waals surface area contributed by atoms with Gasteiger partial charge in [0.05, 0.1) is 0 Å². The minimum Gasteiger partial charge on any atom is -0.0622 e. The topological polar surface area (TPSA) is 0 Å². The Balaban J connectivity index is 1.06. The van der Waals surface area contributed by atoms with E-state index in [1.165, 1.54) is 121 Å². The van der Waals surface area contributed by atoms with E-state index in [1.807, 2.05) is 0 Å². The maximum atomic E-state index is 2.42. The highest BCUT2D eigenvalue weighted by Crippen LogP contribution is 2.47. The molecule has 0 aliphatic carbocycles. The summed E-state index contributed by atoms with van der Waals surface area (Å²) in [5.41, 5.74) is 19.1. The first kappa shape index (κ1) is 42.3. The summed E-state index contributed by atoms with van der Waals surface area (Å²) in [6, 6.07) is 106. The van der Waals surface area contributed by atoms with Gasteiger partial charge in [-0.1, -0.05) is 279 Å². The summed E-state index contributed by atoms with van der Waals surface area (Å²) < 4.78 is 0. The van der Waals surface area contributed by atoms with Crippen molar-refractivity contribution in [2.75, 3.05) is 0 Å². The highest BCUT2D eigenvalue weighted by Gasteiger charge is 2.21. The summed E-state index contributed by atoms with van der Waals surface area (Å²) in [6.07, 6.45) is 0. The van der Waals surface area contributed by atoms with Gasteiger partial charge >= 0.3 is 0 Å². The number of fused-ring (bicyclic) bond motifs is 3. The molecule has 0 heteroatoms. The van der Waals surface area contributed by atoms with Gasteiger partial charge < -0.3 is 0 Å². The Morgan fingerprint density at radius 2 is 0.386 bits per heavy atom. The lowest BCUT2D eigenvalue weighted by Crippen LogP contribution is -1.98. The van der Waals surface area contributed by atoms with Gasteiger partial charge in [0.2, 0.25) is 0 Å². The van der Waals surface area contributed by atoms with Crippen molar-refractivity contribution in [3.05, 3.63) is 336 Å². The Morgan fingerprint density at radius 1 is 0.171 bits per heavy atom. The van der Waals surface area contributed by atoms with Crippen molar-refractivity contribution >= 4 is 54.6 Å². The summed E-state index contributed by atoms with van der Waals surface area (Å²) in [6.45, 7) is 0. The minimum atomic E-state index is 1.17. The molecule has 328 valence electrons. The van der Waals surface area contributed by atoms with Crippen LogP contribution >= 0.6 is 0 Å². The highest BCUT2D eigenvalue weighted by molar-refractivity contribution is 6.23. The molecular weight excluding hydrogens is 841 g/mol. The zero-order valence-corrected chi connectivity index (χ0v) is 38.7. The molecule has 0 N–H and O–H groups in total. The van der Waals surface area contributed by atoms with Crippen molar-refractivity contribution in [3.63, 3.8) is 0 Å². The predicted octanol–water partition coefficient (Wildman–Crippen LogP) is 18.5. The van der Waals surface area contributed by atoms with Crippen LogP contribution in [0.15, 0.2) is 291 Å². The fraction of sp³-hybridized carbons (Fsp3) is 0. The fourth-order valence-corrected chi connectivity index (χ4v) is 10.5. The van der Waals surface area contributed by atoms with Gasteiger partial charge in [0.15, 0.2) is 0 Å². The van der Waals surface area contributed by atoms with E-state index < -0.39 is 0 Å². The first-order valence-electron chi connectivity index (χ1n) is 24.2. The van der Waals surface area contributed by atoms with E-state index in [1.54, 1.807) is 0 Å². The Kier molecular flexibility index (Phi) is 11.4. The second-order valence-electron chi connectivity index (χ2n) is 17.9. The van der Waals surface area contributed by atoms with Gasteiger partial charge in [-0.2, -0.15) is 0 Å². The molecule has 12 aromatic carbocycles. The van der Waals surface area contributed by atoms with Crippen LogP contribution in [0.4, 0.5) is 0 Å². The molecule has 0 bridgehead atoms. The number of hydrogen-bond acceptors (Lipinski definition) is 0. The standard InChI is InChI=1S/C70H48/c1-7-23-49(24-8-1)65(50-25-9-2-10-26-50)67(53-31-15-5-16-32-53)55-39-43-57(44-40-55)69-61-37-21-22-38-62(61)70(64-48-60-36-20-19-35-59(60)47-63(64)69)58-45-41-56(42-46-58)68(54-33-17-6-18-34-54)66(51-27-11-3-12-28-51)52-29-13-4-14-30-52/h1-48H. The van der Waals surface area contributed by atoms with Crippen LogP contribution in [0, 0.1) is 0 Å². The van der Waals surface area contributed by atoms with Gasteiger partial charge in [0.1, 0.15) is 0 Å². The normalized spacial score (nSPS) is 11.1. The van der Waals surface area contributed by atoms with E-state index in [2.05, 4.69) is 291 Å². The van der Waals surface area contributed by atoms with E-state index in [0.29, 0.717) is 0 Å². The van der Waals surface area contributed by atoms with E-state index in [9.17, 15) is 0 Å². The molecular formula is C70H48. The van der Waals surface area contributed by atoms with E-state index >= 15 is 0 Å². The average Bonchev–Trinajstić information content (AvgIpc) is 3.44. The molecule has 0 radical (unpaired) electrons. The number of benzene rings is 12. The molecule has 12 rings (SSSR count). The van der Waals surface area contributed by atoms with Crippen LogP contribution in [0.3, 0.4) is 0 Å². The number of hydrogen-bond donors (Lipinski definition) is 0. The monoisotopic (exact) mass is 888 g/mol. The molecule has 12 aromatic rings. The lowest BCUT2D eigenvalue weighted by Gasteiger charge is -2.21. The lowest BCUT2D eigenvalue weighted by molar-refractivity contribution is 1.50. The molecule has 0 spiro atoms. The summed E-state index contributed by atoms with van der Waals surface area (Å²) in [5, 5.41) is 7.37. The van der Waals surface area contributed by atoms with E-state index in [0.717, 1.165) is 0 Å². The largest absolute Gasteiger partial charge is 0.0622 e. The molecule has 0 heterocycles. The molecule has 0 aliphatic rings. The molecule has 0 fully saturated rings. The Morgan fingerprint density at radius 3 is 0.643 bits per heavy atom. The minimum absolute atomic E-state index is 1.17. The van der Waals surface area contributed by atoms with Crippen LogP contribution < -0.4 is 0 Å². The van der Waals surface area contributed by atoms with Gasteiger partial charge in [-0.05, 0) is 134 Å². The van der Waals surface area contributed by atoms with Crippen LogP contribution in [0.5, 0.6) is 0 Å². The van der Waals surface area contributed by atoms with E-state index in [4.69, 9.17) is 0 Å². The van der Waals surface area contributed by atoms with Crippen molar-refractivity contribution in [3.8, 4) is 22.3 Å². The van der Waals surface area contributed by atoms with Crippen LogP contribution in [0.25, 0.3) is 76.9 Å². The molecule has 0 aromatic heterocycles. The summed E-state index contributed by atoms with van der Waals surface area (Å²) in [4.78, 5) is 0. The lowest BCUT2D eigenvalue weighted by atomic mass is 9.82. The maximum Gasteiger partial charge on any atom is -0.00261 e. The molecule has 0 aliphatic heterocycles. The van der Waals surface area contributed by atoms with Gasteiger partial charge in [-0.3, -0.25) is 0 Å². The van der Waals surface area contributed by atoms with Crippen molar-refractivity contribution in [2.45, 2.75) is 0 Å². The summed E-state index contributed by atoms with van der Waals surface area (Å²) in [5.74, 6) is 0. The Hall–Kier alpha value is -9.10. The average molecular weight is 889 g/mol. The van der Waals surface area contributed by atoms with Crippen molar-refractivity contribution in [1.82, 2.24) is 0 Å². The quantitative estimate of drug-likeness (QED) is 0.0948. The smallest absolute Gasteiger partial charge is 0.00261 e. The third kappa shape index (κ3) is 8.02. The van der Waals surface area contributed by atoms with Gasteiger partial charge in [-0.25, -0.2) is 0 Å². The molecule has 0 nitrogen and oxygen atoms in total. The van der Waals surface area contributed by atoms with Crippen molar-refractivity contribution in [2.24, 2.45) is 0 Å². The number of rotatable bonds is 10. The summed E-state index contributed by atoms with van der Waals surface area (Å²) in [7, 11) is 0. The second kappa shape index (κ2) is 18.9. The fourth-order valence-electron chi connectivity index (χ4n) is 10.5. The predicted molar refractivity (Wildman–Crippen MR) is 299 cm³/mol. The molecule has 0 atom stereocenters. The van der Waals surface area contributed by atoms with Crippen LogP contribution in [-0.2, 0) is 0 Å². The molecule has 70 heavy (non-hydrogen) atoms. The maximum absolute atomic E-state index is 2.42. The Labute approximate surface area is 410 Å². The third-order valence-electron chi connectivity index (χ3n) is 13.7. The van der Waals surface area contributed by atoms with Crippen molar-refractivity contribution < 1.29 is 0 Å². The van der Waals surface area contributed by atoms with Crippen LogP contribution in [-0.4, -0.2) is 0 Å². The third-order valence-corrected chi connectivity index (χ3v) is 13.7. The van der Waals surface area contributed by atoms with Gasteiger partial charge in [-0.15, -0.1) is 0 Å². The van der Waals surface area contributed by atoms with Gasteiger partial charge in [0, 0.05) is 0 Å². The van der Waals surface area contributed by atoms with Crippen LogP contribution in [0.2, 0.25) is 0 Å². The highest BCUT2D eigenvalue weighted by atomic mass is 14.2. The SMILES string of the molecule is c1ccc(C(=C(c2ccccc2)c2ccc(-c3c4ccccc4c(-c4ccc(C(=C(c5ccccc5)c5ccccc5)c5ccccc5)cc4)c4cc5ccccc5cc34)cc2)c2ccccc2)cc1. The first-order chi connectivity index (χ1) is 34.8. The zero-order chi connectivity index (χ0) is 46.6. The van der Waals surface area contributed by atoms with Crippen LogP contribution in [0.1, 0.15) is 44.5 Å².